The topological polar surface area (TPSA) is 70.7 Å². The minimum Gasteiger partial charge on any atom is -0.323 e. The van der Waals surface area contributed by atoms with Crippen molar-refractivity contribution in [2.24, 2.45) is 0 Å². The van der Waals surface area contributed by atoms with E-state index in [1.807, 2.05) is 0 Å². The van der Waals surface area contributed by atoms with Gasteiger partial charge >= 0.3 is 0 Å². The van der Waals surface area contributed by atoms with E-state index in [1.54, 1.807) is 18.2 Å². The summed E-state index contributed by atoms with van der Waals surface area (Å²) in [6.07, 6.45) is 2.32. The number of hydrogen-bond acceptors (Lipinski definition) is 4. The van der Waals surface area contributed by atoms with Crippen LogP contribution in [-0.4, -0.2) is 26.8 Å². The van der Waals surface area contributed by atoms with Crippen molar-refractivity contribution in [1.29, 1.82) is 0 Å². The van der Waals surface area contributed by atoms with Crippen LogP contribution in [0.2, 0.25) is 10.0 Å². The van der Waals surface area contributed by atoms with Gasteiger partial charge in [0, 0.05) is 5.92 Å². The lowest BCUT2D eigenvalue weighted by atomic mass is 10.3. The molecular formula is C13H12Cl2N4OS. The second kappa shape index (κ2) is 6.25. The van der Waals surface area contributed by atoms with Crippen LogP contribution in [0.15, 0.2) is 23.4 Å². The summed E-state index contributed by atoms with van der Waals surface area (Å²) < 4.78 is 0. The van der Waals surface area contributed by atoms with Crippen molar-refractivity contribution >= 4 is 46.6 Å². The average molecular weight is 343 g/mol. The van der Waals surface area contributed by atoms with E-state index >= 15 is 0 Å². The van der Waals surface area contributed by atoms with Gasteiger partial charge in [-0.1, -0.05) is 41.0 Å². The second-order valence-corrected chi connectivity index (χ2v) is 6.47. The maximum absolute atomic E-state index is 11.9. The molecule has 0 aliphatic heterocycles. The predicted molar refractivity (Wildman–Crippen MR) is 84.2 cm³/mol. The quantitative estimate of drug-likeness (QED) is 0.812. The van der Waals surface area contributed by atoms with Crippen LogP contribution in [0, 0.1) is 0 Å². The Morgan fingerprint density at radius 3 is 2.76 bits per heavy atom. The van der Waals surface area contributed by atoms with E-state index in [1.165, 1.54) is 11.8 Å². The summed E-state index contributed by atoms with van der Waals surface area (Å²) in [6.45, 7) is 0. The summed E-state index contributed by atoms with van der Waals surface area (Å²) in [4.78, 5) is 16.3. The Bertz CT molecular complexity index is 652. The van der Waals surface area contributed by atoms with Crippen LogP contribution in [0.3, 0.4) is 0 Å². The summed E-state index contributed by atoms with van der Waals surface area (Å²) in [5.74, 6) is 1.42. The fourth-order valence-corrected chi connectivity index (χ4v) is 2.88. The number of aromatic nitrogens is 3. The Balaban J connectivity index is 1.56. The van der Waals surface area contributed by atoms with Crippen LogP contribution in [0.5, 0.6) is 0 Å². The van der Waals surface area contributed by atoms with E-state index in [2.05, 4.69) is 20.5 Å². The molecule has 2 N–H and O–H groups in total. The third kappa shape index (κ3) is 3.70. The van der Waals surface area contributed by atoms with Crippen LogP contribution in [0.25, 0.3) is 0 Å². The lowest BCUT2D eigenvalue weighted by molar-refractivity contribution is -0.113. The van der Waals surface area contributed by atoms with Crippen molar-refractivity contribution < 1.29 is 4.79 Å². The van der Waals surface area contributed by atoms with Gasteiger partial charge in [0.05, 0.1) is 21.5 Å². The van der Waals surface area contributed by atoms with E-state index < -0.39 is 0 Å². The molecule has 3 rings (SSSR count). The fraction of sp³-hybridized carbons (Fsp3) is 0.308. The standard InChI is InChI=1S/C13H12Cl2N4OS/c14-8-2-1-3-9(15)11(8)16-10(20)6-21-13-17-12(18-19-13)7-4-5-7/h1-3,7H,4-6H2,(H,16,20)(H,17,18,19). The van der Waals surface area contributed by atoms with Crippen LogP contribution < -0.4 is 5.32 Å². The number of nitrogens with one attached hydrogen (secondary N) is 2. The van der Waals surface area contributed by atoms with Crippen molar-refractivity contribution in [2.45, 2.75) is 23.9 Å². The summed E-state index contributed by atoms with van der Waals surface area (Å²) >= 11 is 13.3. The van der Waals surface area contributed by atoms with Gasteiger partial charge in [0.1, 0.15) is 5.82 Å². The molecule has 8 heteroatoms. The molecule has 1 aromatic carbocycles. The predicted octanol–water partition coefficient (Wildman–Crippen LogP) is 3.72. The number of halogens is 2. The molecule has 0 saturated heterocycles. The number of thioether (sulfide) groups is 1. The van der Waals surface area contributed by atoms with E-state index in [4.69, 9.17) is 23.2 Å². The first-order valence-electron chi connectivity index (χ1n) is 6.42. The van der Waals surface area contributed by atoms with Crippen LogP contribution >= 0.6 is 35.0 Å². The van der Waals surface area contributed by atoms with Crippen LogP contribution in [0.1, 0.15) is 24.6 Å². The highest BCUT2D eigenvalue weighted by Crippen LogP contribution is 2.38. The molecule has 5 nitrogen and oxygen atoms in total. The first-order valence-corrected chi connectivity index (χ1v) is 8.16. The number of aromatic amines is 1. The Labute approximate surface area is 135 Å². The number of anilines is 1. The lowest BCUT2D eigenvalue weighted by Crippen LogP contribution is -2.14. The molecule has 1 fully saturated rings. The third-order valence-corrected chi connectivity index (χ3v) is 4.48. The van der Waals surface area contributed by atoms with Gasteiger partial charge in [-0.2, -0.15) is 0 Å². The van der Waals surface area contributed by atoms with Crippen LogP contribution in [-0.2, 0) is 4.79 Å². The summed E-state index contributed by atoms with van der Waals surface area (Å²) in [5.41, 5.74) is 0.431. The summed E-state index contributed by atoms with van der Waals surface area (Å²) in [7, 11) is 0. The van der Waals surface area contributed by atoms with Gasteiger partial charge < -0.3 is 5.32 Å². The van der Waals surface area contributed by atoms with Crippen molar-refractivity contribution in [3.05, 3.63) is 34.1 Å². The molecule has 1 aromatic heterocycles. The number of amides is 1. The molecule has 1 saturated carbocycles. The molecule has 2 aromatic rings. The molecule has 0 radical (unpaired) electrons. The van der Waals surface area contributed by atoms with E-state index in [0.29, 0.717) is 26.8 Å². The number of carbonyl (C=O) groups excluding carboxylic acids is 1. The number of benzene rings is 1. The largest absolute Gasteiger partial charge is 0.323 e. The van der Waals surface area contributed by atoms with Crippen molar-refractivity contribution in [3.8, 4) is 0 Å². The Hall–Kier alpha value is -1.24. The smallest absolute Gasteiger partial charge is 0.234 e. The maximum Gasteiger partial charge on any atom is 0.234 e. The minimum absolute atomic E-state index is 0.198. The van der Waals surface area contributed by atoms with Gasteiger partial charge in [-0.05, 0) is 25.0 Å². The van der Waals surface area contributed by atoms with Crippen LogP contribution in [0.4, 0.5) is 5.69 Å². The van der Waals surface area contributed by atoms with Crippen molar-refractivity contribution in [1.82, 2.24) is 15.2 Å². The normalized spacial score (nSPS) is 14.2. The third-order valence-electron chi connectivity index (χ3n) is 3.01. The molecule has 0 unspecified atom stereocenters. The first-order chi connectivity index (χ1) is 10.1. The lowest BCUT2D eigenvalue weighted by Gasteiger charge is -2.08. The van der Waals surface area contributed by atoms with Crippen molar-refractivity contribution in [3.63, 3.8) is 0 Å². The first kappa shape index (κ1) is 14.7. The molecule has 21 heavy (non-hydrogen) atoms. The number of H-pyrrole nitrogens is 1. The van der Waals surface area contributed by atoms with Gasteiger partial charge in [0.15, 0.2) is 0 Å². The summed E-state index contributed by atoms with van der Waals surface area (Å²) in [6, 6.07) is 5.07. The highest BCUT2D eigenvalue weighted by Gasteiger charge is 2.27. The maximum atomic E-state index is 11.9. The molecule has 0 spiro atoms. The molecule has 1 heterocycles. The van der Waals surface area contributed by atoms with Gasteiger partial charge in [-0.3, -0.25) is 9.89 Å². The number of hydrogen-bond donors (Lipinski definition) is 2. The van der Waals surface area contributed by atoms with E-state index in [0.717, 1.165) is 18.7 Å². The number of carbonyl (C=O) groups is 1. The monoisotopic (exact) mass is 342 g/mol. The molecule has 1 amide bonds. The zero-order chi connectivity index (χ0) is 14.8. The number of para-hydroxylation sites is 1. The van der Waals surface area contributed by atoms with Gasteiger partial charge in [-0.15, -0.1) is 5.10 Å². The van der Waals surface area contributed by atoms with Gasteiger partial charge in [-0.25, -0.2) is 4.98 Å². The van der Waals surface area contributed by atoms with E-state index in [9.17, 15) is 4.79 Å². The highest BCUT2D eigenvalue weighted by atomic mass is 35.5. The molecule has 1 aliphatic carbocycles. The second-order valence-electron chi connectivity index (χ2n) is 4.71. The Kier molecular flexibility index (Phi) is 4.37. The van der Waals surface area contributed by atoms with Gasteiger partial charge in [0.2, 0.25) is 11.1 Å². The number of rotatable bonds is 5. The molecule has 1 aliphatic rings. The molecule has 0 atom stereocenters. The van der Waals surface area contributed by atoms with Gasteiger partial charge in [0.25, 0.3) is 0 Å². The highest BCUT2D eigenvalue weighted by molar-refractivity contribution is 7.99. The van der Waals surface area contributed by atoms with E-state index in [-0.39, 0.29) is 11.7 Å². The molecule has 110 valence electrons. The average Bonchev–Trinajstić information content (AvgIpc) is 3.20. The minimum atomic E-state index is -0.201. The van der Waals surface area contributed by atoms with Crippen molar-refractivity contribution in [2.75, 3.05) is 11.1 Å². The number of nitrogens with zero attached hydrogens (tertiary/aromatic N) is 2. The zero-order valence-electron chi connectivity index (χ0n) is 10.9. The SMILES string of the molecule is O=C(CSc1n[nH]c(C2CC2)n1)Nc1c(Cl)cccc1Cl. The molecule has 0 bridgehead atoms. The zero-order valence-corrected chi connectivity index (χ0v) is 13.2. The fourth-order valence-electron chi connectivity index (χ4n) is 1.78. The molecular weight excluding hydrogens is 331 g/mol. The Morgan fingerprint density at radius 2 is 2.10 bits per heavy atom. The Morgan fingerprint density at radius 1 is 1.38 bits per heavy atom. The summed E-state index contributed by atoms with van der Waals surface area (Å²) in [5, 5.41) is 11.1.